The van der Waals surface area contributed by atoms with Gasteiger partial charge in [-0.05, 0) is 102 Å². The number of rotatable bonds is 15. The summed E-state index contributed by atoms with van der Waals surface area (Å²) in [5.74, 6) is -1.79. The molecule has 79 heavy (non-hydrogen) atoms. The molecule has 2 aliphatic rings. The predicted octanol–water partition coefficient (Wildman–Crippen LogP) is 9.47. The zero-order chi connectivity index (χ0) is 56.4. The normalized spacial score (nSPS) is 21.4. The van der Waals surface area contributed by atoms with Gasteiger partial charge in [-0.1, -0.05) is 109 Å². The maximum Gasteiger partial charge on any atom is 0.329 e. The second-order valence-corrected chi connectivity index (χ2v) is 19.9. The number of aromatic hydroxyl groups is 1. The summed E-state index contributed by atoms with van der Waals surface area (Å²) in [5, 5.41) is 15.8. The van der Waals surface area contributed by atoms with E-state index in [0.717, 1.165) is 25.7 Å². The Morgan fingerprint density at radius 2 is 1.00 bits per heavy atom. The van der Waals surface area contributed by atoms with Gasteiger partial charge < -0.3 is 48.9 Å². The number of carbonyl (C=O) groups excluding carboxylic acids is 5. The molecule has 0 aliphatic carbocycles. The van der Waals surface area contributed by atoms with Crippen LogP contribution in [0.1, 0.15) is 103 Å². The minimum Gasteiger partial charge on any atom is -0.503 e. The first-order valence-corrected chi connectivity index (χ1v) is 26.6. The van der Waals surface area contributed by atoms with E-state index in [2.05, 4.69) is 83.0 Å². The largest absolute Gasteiger partial charge is 0.503 e. The Balaban J connectivity index is 0.000000229. The molecule has 2 aliphatic heterocycles. The lowest BCUT2D eigenvalue weighted by Gasteiger charge is -2.32. The number of hydrogen-bond donors (Lipinski definition) is 3. The van der Waals surface area contributed by atoms with Gasteiger partial charge in [-0.3, -0.25) is 14.4 Å². The fraction of sp³-hybridized carbons (Fsp3) is 0.371. The summed E-state index contributed by atoms with van der Waals surface area (Å²) in [6, 6.07) is 36.9. The number of methoxy groups -OCH3 is 2. The van der Waals surface area contributed by atoms with Gasteiger partial charge in [0.05, 0.1) is 14.2 Å². The molecule has 3 N–H and O–H groups in total. The number of hydrogen-bond acceptors (Lipinski definition) is 15. The van der Waals surface area contributed by atoms with E-state index < -0.39 is 60.1 Å². The second kappa shape index (κ2) is 28.2. The molecule has 2 aromatic heterocycles. The van der Waals surface area contributed by atoms with Crippen LogP contribution in [0, 0.1) is 25.7 Å². The van der Waals surface area contributed by atoms with Crippen LogP contribution >= 0.6 is 0 Å². The molecule has 4 heterocycles. The number of ether oxygens (including phenoxy) is 7. The van der Waals surface area contributed by atoms with E-state index in [1.165, 1.54) is 67.9 Å². The van der Waals surface area contributed by atoms with Crippen LogP contribution in [0.2, 0.25) is 0 Å². The highest BCUT2D eigenvalue weighted by atomic mass is 16.6. The molecule has 0 spiro atoms. The van der Waals surface area contributed by atoms with Crippen LogP contribution in [-0.2, 0) is 36.7 Å². The first kappa shape index (κ1) is 58.2. The highest BCUT2D eigenvalue weighted by Gasteiger charge is 2.38. The zero-order valence-electron chi connectivity index (χ0n) is 45.7. The molecule has 8 rings (SSSR count). The SMILES string of the molecule is COc1ccnc(C(=O)N[C@H]2CCC[C@H](Cc3ccc(C)cc3)[C@@H](Oc3ccccc3)[C@H](C)OC2=O)c1O.COc1ccnc(C(=O)N[C@H]2CCC[C@H](Cc3ccc(C)cc3)[C@@H](Oc3ccccc3)[C@H](C)OC2=O)c1OC(C)=O. The third-order valence-corrected chi connectivity index (χ3v) is 13.9. The molecule has 6 aromatic rings. The lowest BCUT2D eigenvalue weighted by molar-refractivity contribution is -0.156. The number of pyridine rings is 2. The smallest absolute Gasteiger partial charge is 0.329 e. The number of nitrogens with one attached hydrogen (secondary N) is 2. The van der Waals surface area contributed by atoms with Crippen molar-refractivity contribution < 1.29 is 62.2 Å². The number of aryl methyl sites for hydroxylation is 2. The third-order valence-electron chi connectivity index (χ3n) is 13.9. The van der Waals surface area contributed by atoms with Gasteiger partial charge in [0, 0.05) is 43.3 Å². The molecule has 8 atom stereocenters. The highest BCUT2D eigenvalue weighted by molar-refractivity contribution is 5.99. The van der Waals surface area contributed by atoms with Crippen molar-refractivity contribution in [2.24, 2.45) is 11.8 Å². The quantitative estimate of drug-likeness (QED) is 0.0816. The summed E-state index contributed by atoms with van der Waals surface area (Å²) >= 11 is 0. The van der Waals surface area contributed by atoms with Crippen LogP contribution in [0.15, 0.2) is 134 Å². The van der Waals surface area contributed by atoms with Crippen molar-refractivity contribution in [3.8, 4) is 34.5 Å². The van der Waals surface area contributed by atoms with Crippen molar-refractivity contribution in [1.29, 1.82) is 0 Å². The Morgan fingerprint density at radius 1 is 0.582 bits per heavy atom. The summed E-state index contributed by atoms with van der Waals surface area (Å²) in [7, 11) is 2.77. The molecule has 0 bridgehead atoms. The third kappa shape index (κ3) is 16.3. The minimum atomic E-state index is -0.932. The number of para-hydroxylation sites is 2. The molecule has 4 aromatic carbocycles. The van der Waals surface area contributed by atoms with E-state index in [1.54, 1.807) is 0 Å². The summed E-state index contributed by atoms with van der Waals surface area (Å²) in [5.41, 5.74) is 4.35. The molecule has 416 valence electrons. The summed E-state index contributed by atoms with van der Waals surface area (Å²) in [6.07, 6.45) is 5.82. The lowest BCUT2D eigenvalue weighted by Crippen LogP contribution is -2.45. The van der Waals surface area contributed by atoms with E-state index in [4.69, 9.17) is 33.2 Å². The number of benzene rings is 4. The number of amides is 2. The van der Waals surface area contributed by atoms with Crippen LogP contribution in [0.4, 0.5) is 0 Å². The topological polar surface area (TPSA) is 220 Å². The number of nitrogens with zero attached hydrogens (tertiary/aromatic N) is 2. The van der Waals surface area contributed by atoms with Gasteiger partial charge in [0.15, 0.2) is 28.6 Å². The van der Waals surface area contributed by atoms with Crippen molar-refractivity contribution in [3.63, 3.8) is 0 Å². The van der Waals surface area contributed by atoms with Gasteiger partial charge in [-0.25, -0.2) is 19.6 Å². The van der Waals surface area contributed by atoms with Gasteiger partial charge in [0.25, 0.3) is 11.8 Å². The number of cyclic esters (lactones) is 2. The molecule has 2 saturated heterocycles. The van der Waals surface area contributed by atoms with Crippen LogP contribution in [0.3, 0.4) is 0 Å². The molecule has 17 nitrogen and oxygen atoms in total. The fourth-order valence-corrected chi connectivity index (χ4v) is 9.83. The lowest BCUT2D eigenvalue weighted by atomic mass is 9.86. The Bertz CT molecular complexity index is 2980. The van der Waals surface area contributed by atoms with Crippen LogP contribution in [0.5, 0.6) is 34.5 Å². The molecule has 0 radical (unpaired) electrons. The summed E-state index contributed by atoms with van der Waals surface area (Å²) in [6.45, 7) is 8.97. The monoisotopic (exact) mass is 1080 g/mol. The van der Waals surface area contributed by atoms with Gasteiger partial charge >= 0.3 is 17.9 Å². The van der Waals surface area contributed by atoms with E-state index in [-0.39, 0.29) is 52.3 Å². The van der Waals surface area contributed by atoms with E-state index >= 15 is 0 Å². The first-order valence-electron chi connectivity index (χ1n) is 26.6. The van der Waals surface area contributed by atoms with Gasteiger partial charge in [-0.2, -0.15) is 0 Å². The maximum atomic E-state index is 13.4. The van der Waals surface area contributed by atoms with Crippen LogP contribution < -0.4 is 34.3 Å². The average molecular weight is 1080 g/mol. The van der Waals surface area contributed by atoms with Gasteiger partial charge in [0.2, 0.25) is 5.75 Å². The van der Waals surface area contributed by atoms with Crippen LogP contribution in [-0.4, -0.2) is 95.5 Å². The predicted molar refractivity (Wildman–Crippen MR) is 294 cm³/mol. The van der Waals surface area contributed by atoms with Crippen molar-refractivity contribution in [2.45, 2.75) is 122 Å². The standard InChI is InChI=1S/C32H36N2O7.C30H34N2O6/c1-20-13-15-23(16-14-20)19-24-9-8-12-26(32(37)39-21(2)29(24)41-25-10-6-5-7-11-25)34-31(36)28-30(40-22(3)35)27(38-4)17-18-33-28;1-19-12-14-21(15-13-19)18-22-8-7-11-24(32-29(34)26-27(33)25(36-3)16-17-31-26)30(35)37-20(2)28(22)38-23-9-5-4-6-10-23/h5-7,10-11,13-18,21,24,26,29H,8-9,12,19H2,1-4H3,(H,34,36);4-6,9-10,12-17,20,22,24,28,33H,7-8,11,18H2,1-3H3,(H,32,34)/t21-,24+,26-,29-;20-,22+,24-,28-/m00/s1. The van der Waals surface area contributed by atoms with E-state index in [1.807, 2.05) is 74.5 Å². The van der Waals surface area contributed by atoms with E-state index in [9.17, 15) is 29.1 Å². The Kier molecular flexibility index (Phi) is 20.8. The molecule has 0 unspecified atom stereocenters. The Hall–Kier alpha value is -8.47. The van der Waals surface area contributed by atoms with Gasteiger partial charge in [-0.15, -0.1) is 0 Å². The van der Waals surface area contributed by atoms with Crippen molar-refractivity contribution in [3.05, 3.63) is 167 Å². The minimum absolute atomic E-state index is 0.0470. The first-order chi connectivity index (χ1) is 38.1. The summed E-state index contributed by atoms with van der Waals surface area (Å²) in [4.78, 5) is 72.5. The second-order valence-electron chi connectivity index (χ2n) is 19.9. The van der Waals surface area contributed by atoms with Crippen LogP contribution in [0.25, 0.3) is 0 Å². The molecular formula is C62H70N4O13. The fourth-order valence-electron chi connectivity index (χ4n) is 9.83. The van der Waals surface area contributed by atoms with Gasteiger partial charge in [0.1, 0.15) is 48.0 Å². The molecule has 2 amide bonds. The Labute approximate surface area is 461 Å². The van der Waals surface area contributed by atoms with Crippen molar-refractivity contribution >= 4 is 29.7 Å². The summed E-state index contributed by atoms with van der Waals surface area (Å²) < 4.78 is 40.2. The molecule has 17 heteroatoms. The molecule has 0 saturated carbocycles. The number of carbonyl (C=O) groups is 5. The van der Waals surface area contributed by atoms with Crippen molar-refractivity contribution in [1.82, 2.24) is 20.6 Å². The van der Waals surface area contributed by atoms with Crippen molar-refractivity contribution in [2.75, 3.05) is 14.2 Å². The average Bonchev–Trinajstić information content (AvgIpc) is 3.54. The Morgan fingerprint density at radius 3 is 1.43 bits per heavy atom. The number of esters is 3. The molecule has 2 fully saturated rings. The number of aromatic nitrogens is 2. The zero-order valence-corrected chi connectivity index (χ0v) is 45.7. The maximum absolute atomic E-state index is 13.4. The van der Waals surface area contributed by atoms with E-state index in [0.29, 0.717) is 37.2 Å². The highest BCUT2D eigenvalue weighted by Crippen LogP contribution is 2.34. The molecular weight excluding hydrogens is 1010 g/mol.